The number of hydrogen-bond acceptors (Lipinski definition) is 8. The molecule has 3 heterocycles. The van der Waals surface area contributed by atoms with Crippen LogP contribution < -0.4 is 9.64 Å². The topological polar surface area (TPSA) is 92.6 Å². The number of aromatic nitrogens is 2. The van der Waals surface area contributed by atoms with E-state index in [0.717, 1.165) is 21.8 Å². The Hall–Kier alpha value is -4.09. The van der Waals surface area contributed by atoms with Gasteiger partial charge in [0.15, 0.2) is 4.34 Å². The molecule has 3 aromatic carbocycles. The number of carbonyl (C=O) groups excluding carboxylic acids is 2. The van der Waals surface area contributed by atoms with Crippen molar-refractivity contribution in [2.24, 2.45) is 0 Å². The number of hydrogen-bond donors (Lipinski definition) is 1. The van der Waals surface area contributed by atoms with Crippen molar-refractivity contribution < 1.29 is 28.2 Å². The van der Waals surface area contributed by atoms with E-state index in [4.69, 9.17) is 4.74 Å². The molecular formula is C29H21F2N3O4S2. The maximum absolute atomic E-state index is 15.2. The van der Waals surface area contributed by atoms with Crippen LogP contribution in [0.5, 0.6) is 5.75 Å². The fourth-order valence-electron chi connectivity index (χ4n) is 4.86. The minimum atomic E-state index is -1.28. The third kappa shape index (κ3) is 4.65. The Morgan fingerprint density at radius 1 is 1.07 bits per heavy atom. The first kappa shape index (κ1) is 26.1. The second-order valence-corrected chi connectivity index (χ2v) is 11.6. The van der Waals surface area contributed by atoms with Crippen LogP contribution in [0.1, 0.15) is 35.2 Å². The van der Waals surface area contributed by atoms with E-state index >= 15 is 4.39 Å². The summed E-state index contributed by atoms with van der Waals surface area (Å²) < 4.78 is 35.4. The van der Waals surface area contributed by atoms with E-state index in [-0.39, 0.29) is 33.9 Å². The van der Waals surface area contributed by atoms with Gasteiger partial charge in [-0.3, -0.25) is 14.5 Å². The second-order valence-electron chi connectivity index (χ2n) is 9.38. The van der Waals surface area contributed by atoms with Crippen molar-refractivity contribution >= 4 is 45.7 Å². The molecule has 0 saturated carbocycles. The number of halogens is 2. The Labute approximate surface area is 236 Å². The van der Waals surface area contributed by atoms with Gasteiger partial charge in [-0.2, -0.15) is 0 Å². The molecule has 0 unspecified atom stereocenters. The highest BCUT2D eigenvalue weighted by Gasteiger charge is 2.49. The lowest BCUT2D eigenvalue weighted by Gasteiger charge is -2.22. The van der Waals surface area contributed by atoms with Gasteiger partial charge in [0, 0.05) is 23.3 Å². The summed E-state index contributed by atoms with van der Waals surface area (Å²) in [6.07, 6.45) is 0.596. The summed E-state index contributed by atoms with van der Waals surface area (Å²) in [7, 11) is 0. The highest BCUT2D eigenvalue weighted by molar-refractivity contribution is 8.00. The number of rotatable bonds is 6. The highest BCUT2D eigenvalue weighted by Crippen LogP contribution is 2.45. The van der Waals surface area contributed by atoms with Crippen LogP contribution in [0, 0.1) is 11.6 Å². The van der Waals surface area contributed by atoms with Crippen LogP contribution in [-0.4, -0.2) is 33.1 Å². The minimum Gasteiger partial charge on any atom is -0.507 e. The molecule has 202 valence electrons. The summed E-state index contributed by atoms with van der Waals surface area (Å²) in [6.45, 7) is 1.92. The largest absolute Gasteiger partial charge is 0.507 e. The molecule has 6 rings (SSSR count). The average Bonchev–Trinajstić information content (AvgIpc) is 3.63. The molecule has 2 atom stereocenters. The van der Waals surface area contributed by atoms with E-state index in [1.807, 2.05) is 6.92 Å². The van der Waals surface area contributed by atoms with Crippen LogP contribution in [0.25, 0.3) is 5.76 Å². The molecule has 4 aromatic rings. The fraction of sp³-hybridized carbons (Fsp3) is 0.172. The minimum absolute atomic E-state index is 0.0251. The Kier molecular flexibility index (Phi) is 6.85. The Morgan fingerprint density at radius 2 is 1.82 bits per heavy atom. The molecule has 40 heavy (non-hydrogen) atoms. The number of ether oxygens (including phenoxy) is 1. The van der Waals surface area contributed by atoms with Crippen molar-refractivity contribution in [3.63, 3.8) is 0 Å². The lowest BCUT2D eigenvalue weighted by Crippen LogP contribution is -2.29. The lowest BCUT2D eigenvalue weighted by atomic mass is 9.94. The molecule has 0 bridgehead atoms. The molecule has 0 radical (unpaired) electrons. The molecule has 0 spiro atoms. The molecule has 1 saturated heterocycles. The predicted molar refractivity (Wildman–Crippen MR) is 147 cm³/mol. The van der Waals surface area contributed by atoms with Gasteiger partial charge in [0.2, 0.25) is 5.13 Å². The lowest BCUT2D eigenvalue weighted by molar-refractivity contribution is -0.132. The number of ketones is 1. The van der Waals surface area contributed by atoms with E-state index in [1.54, 1.807) is 42.5 Å². The van der Waals surface area contributed by atoms with Crippen LogP contribution in [0.3, 0.4) is 0 Å². The molecule has 0 aliphatic carbocycles. The predicted octanol–water partition coefficient (Wildman–Crippen LogP) is 6.06. The fourth-order valence-corrected chi connectivity index (χ4v) is 6.71. The second kappa shape index (κ2) is 10.5. The van der Waals surface area contributed by atoms with E-state index in [2.05, 4.69) is 10.2 Å². The number of benzene rings is 3. The summed E-state index contributed by atoms with van der Waals surface area (Å²) in [5, 5.41) is 19.7. The van der Waals surface area contributed by atoms with Gasteiger partial charge < -0.3 is 9.84 Å². The normalized spacial score (nSPS) is 19.6. The number of aliphatic hydroxyl groups excluding tert-OH is 1. The number of Topliss-reactive ketones (excluding diaryl/α,β-unsaturated/α-hetero) is 1. The number of carbonyl (C=O) groups is 2. The average molecular weight is 578 g/mol. The van der Waals surface area contributed by atoms with Gasteiger partial charge in [0.25, 0.3) is 5.78 Å². The molecule has 7 nitrogen and oxygen atoms in total. The molecule has 1 N–H and O–H groups in total. The first-order valence-electron chi connectivity index (χ1n) is 12.4. The Balaban J connectivity index is 1.40. The van der Waals surface area contributed by atoms with Gasteiger partial charge in [-0.15, -0.1) is 10.2 Å². The summed E-state index contributed by atoms with van der Waals surface area (Å²) >= 11 is 2.24. The van der Waals surface area contributed by atoms with Crippen LogP contribution in [0.15, 0.2) is 76.6 Å². The van der Waals surface area contributed by atoms with Gasteiger partial charge in [-0.25, -0.2) is 8.78 Å². The van der Waals surface area contributed by atoms with Crippen molar-refractivity contribution in [2.75, 3.05) is 4.90 Å². The summed E-state index contributed by atoms with van der Waals surface area (Å²) in [6, 6.07) is 15.8. The number of fused-ring (bicyclic) bond motifs is 1. The molecule has 1 aromatic heterocycles. The van der Waals surface area contributed by atoms with E-state index < -0.39 is 29.3 Å². The third-order valence-corrected chi connectivity index (χ3v) is 8.83. The maximum Gasteiger partial charge on any atom is 0.301 e. The monoisotopic (exact) mass is 577 g/mol. The van der Waals surface area contributed by atoms with Crippen LogP contribution in [0.2, 0.25) is 0 Å². The van der Waals surface area contributed by atoms with Crippen molar-refractivity contribution in [2.45, 2.75) is 35.6 Å². The van der Waals surface area contributed by atoms with Gasteiger partial charge in [0.1, 0.15) is 35.3 Å². The molecule has 11 heteroatoms. The maximum atomic E-state index is 15.2. The molecule has 1 fully saturated rings. The van der Waals surface area contributed by atoms with Crippen LogP contribution >= 0.6 is 23.1 Å². The Morgan fingerprint density at radius 3 is 2.60 bits per heavy atom. The van der Waals surface area contributed by atoms with Crippen LogP contribution in [0.4, 0.5) is 13.9 Å². The zero-order valence-corrected chi connectivity index (χ0v) is 22.6. The van der Waals surface area contributed by atoms with Gasteiger partial charge in [0.05, 0.1) is 5.57 Å². The Bertz CT molecular complexity index is 1690. The third-order valence-electron chi connectivity index (χ3n) is 6.72. The molecule has 2 aliphatic rings. The van der Waals surface area contributed by atoms with Crippen molar-refractivity contribution in [1.29, 1.82) is 0 Å². The van der Waals surface area contributed by atoms with Gasteiger partial charge in [-0.1, -0.05) is 59.5 Å². The zero-order chi connectivity index (χ0) is 28.0. The first-order valence-corrected chi connectivity index (χ1v) is 14.2. The van der Waals surface area contributed by atoms with Crippen molar-refractivity contribution in [1.82, 2.24) is 10.2 Å². The van der Waals surface area contributed by atoms with Gasteiger partial charge >= 0.3 is 5.91 Å². The summed E-state index contributed by atoms with van der Waals surface area (Å²) in [4.78, 5) is 27.8. The number of nitrogens with zero attached hydrogens (tertiary/aromatic N) is 3. The molecular weight excluding hydrogens is 556 g/mol. The SMILES string of the molecule is C[C@@H]1Cc2cc(/C(O)=C3\C(=O)C(=O)N(c4nnc(SCc5ccccc5F)s4)[C@@H]3c3ccccc3F)ccc2O1. The van der Waals surface area contributed by atoms with E-state index in [9.17, 15) is 19.1 Å². The van der Waals surface area contributed by atoms with Crippen LogP contribution in [-0.2, 0) is 21.8 Å². The van der Waals surface area contributed by atoms with Gasteiger partial charge in [-0.05, 0) is 48.4 Å². The first-order chi connectivity index (χ1) is 19.3. The number of thioether (sulfide) groups is 1. The number of anilines is 1. The summed E-state index contributed by atoms with van der Waals surface area (Å²) in [5.41, 5.74) is 1.42. The van der Waals surface area contributed by atoms with Crippen molar-refractivity contribution in [3.8, 4) is 5.75 Å². The molecule has 2 aliphatic heterocycles. The quantitative estimate of drug-likeness (QED) is 0.0980. The highest BCUT2D eigenvalue weighted by atomic mass is 32.2. The van der Waals surface area contributed by atoms with E-state index in [1.165, 1.54) is 36.0 Å². The number of aliphatic hydroxyl groups is 1. The summed E-state index contributed by atoms with van der Waals surface area (Å²) in [5.74, 6) is -2.39. The van der Waals surface area contributed by atoms with Crippen molar-refractivity contribution in [3.05, 3.63) is 106 Å². The smallest absolute Gasteiger partial charge is 0.301 e. The van der Waals surface area contributed by atoms with E-state index in [0.29, 0.717) is 27.6 Å². The molecule has 1 amide bonds. The number of amides is 1. The zero-order valence-electron chi connectivity index (χ0n) is 21.0. The standard InChI is InChI=1S/C29H21F2N3O4S2/c1-15-12-18-13-16(10-11-22(18)38-15)25(35)23-24(19-7-3-5-9-21(19)31)34(27(37)26(23)36)28-32-33-29(40-28)39-14-17-6-2-4-8-20(17)30/h2-11,13,15,24,35H,12,14H2,1H3/b25-23+/t15-,24-/m1/s1.